The quantitative estimate of drug-likeness (QED) is 0.318. The molecule has 6 heteroatoms. The van der Waals surface area contributed by atoms with Gasteiger partial charge in [0.1, 0.15) is 11.4 Å². The van der Waals surface area contributed by atoms with Crippen LogP contribution in [0.5, 0.6) is 0 Å². The molecule has 0 spiro atoms. The number of rotatable bonds is 5. The largest absolute Gasteiger partial charge is 0.477 e. The van der Waals surface area contributed by atoms with E-state index in [1.807, 2.05) is 78.9 Å². The van der Waals surface area contributed by atoms with Gasteiger partial charge in [0.15, 0.2) is 0 Å². The number of H-pyrrole nitrogens is 2. The summed E-state index contributed by atoms with van der Waals surface area (Å²) in [5.74, 6) is -2.79. The topological polar surface area (TPSA) is 106 Å². The van der Waals surface area contributed by atoms with Gasteiger partial charge in [-0.1, -0.05) is 66.7 Å². The van der Waals surface area contributed by atoms with Crippen LogP contribution < -0.4 is 0 Å². The second-order valence-corrected chi connectivity index (χ2v) is 7.37. The lowest BCUT2D eigenvalue weighted by Crippen LogP contribution is -2.12. The summed E-state index contributed by atoms with van der Waals surface area (Å²) in [6, 6.07) is 24.1. The first-order valence-electron chi connectivity index (χ1n) is 9.79. The predicted molar refractivity (Wildman–Crippen MR) is 118 cm³/mol. The normalized spacial score (nSPS) is 11.4. The Labute approximate surface area is 176 Å². The summed E-state index contributed by atoms with van der Waals surface area (Å²) < 4.78 is 0. The van der Waals surface area contributed by atoms with Crippen LogP contribution in [0.2, 0.25) is 0 Å². The Hall–Kier alpha value is -4.32. The van der Waals surface area contributed by atoms with Crippen LogP contribution in [0.4, 0.5) is 0 Å². The minimum atomic E-state index is -1.09. The minimum absolute atomic E-state index is 0.0525. The number of aromatic carboxylic acids is 2. The van der Waals surface area contributed by atoms with Crippen molar-refractivity contribution in [3.05, 3.63) is 107 Å². The highest BCUT2D eigenvalue weighted by atomic mass is 16.4. The molecule has 0 atom stereocenters. The summed E-state index contributed by atoms with van der Waals surface area (Å²) in [6.45, 7) is 0. The number of nitrogens with one attached hydrogen (secondary N) is 2. The number of para-hydroxylation sites is 2. The average molecular weight is 410 g/mol. The van der Waals surface area contributed by atoms with E-state index in [0.29, 0.717) is 22.2 Å². The molecular weight excluding hydrogens is 392 g/mol. The third kappa shape index (κ3) is 2.97. The molecule has 0 bridgehead atoms. The highest BCUT2D eigenvalue weighted by Crippen LogP contribution is 2.42. The lowest BCUT2D eigenvalue weighted by atomic mass is 9.82. The number of hydrogen-bond acceptors (Lipinski definition) is 2. The monoisotopic (exact) mass is 410 g/mol. The highest BCUT2D eigenvalue weighted by Gasteiger charge is 2.32. The zero-order chi connectivity index (χ0) is 21.5. The molecule has 0 aliphatic carbocycles. The fraction of sp³-hybridized carbons (Fsp3) is 0.0400. The number of carboxylic acid groups (broad SMARTS) is 2. The summed E-state index contributed by atoms with van der Waals surface area (Å²) >= 11 is 0. The summed E-state index contributed by atoms with van der Waals surface area (Å²) in [5.41, 5.74) is 3.37. The molecule has 4 N–H and O–H groups in total. The van der Waals surface area contributed by atoms with E-state index in [2.05, 4.69) is 9.97 Å². The van der Waals surface area contributed by atoms with Crippen LogP contribution in [-0.4, -0.2) is 32.1 Å². The molecule has 5 rings (SSSR count). The van der Waals surface area contributed by atoms with Crippen molar-refractivity contribution < 1.29 is 19.8 Å². The van der Waals surface area contributed by atoms with Gasteiger partial charge in [0.05, 0.1) is 0 Å². The van der Waals surface area contributed by atoms with Gasteiger partial charge in [0.25, 0.3) is 0 Å². The van der Waals surface area contributed by atoms with Crippen molar-refractivity contribution in [1.82, 2.24) is 9.97 Å². The van der Waals surface area contributed by atoms with Gasteiger partial charge in [0.2, 0.25) is 0 Å². The maximum Gasteiger partial charge on any atom is 0.352 e. The Morgan fingerprint density at radius 2 is 1.03 bits per heavy atom. The smallest absolute Gasteiger partial charge is 0.352 e. The van der Waals surface area contributed by atoms with Crippen molar-refractivity contribution in [2.24, 2.45) is 0 Å². The van der Waals surface area contributed by atoms with E-state index in [1.54, 1.807) is 0 Å². The van der Waals surface area contributed by atoms with Gasteiger partial charge < -0.3 is 20.2 Å². The van der Waals surface area contributed by atoms with Gasteiger partial charge in [-0.25, -0.2) is 9.59 Å². The fourth-order valence-corrected chi connectivity index (χ4v) is 4.39. The molecule has 2 aromatic heterocycles. The maximum absolute atomic E-state index is 12.2. The molecule has 152 valence electrons. The zero-order valence-corrected chi connectivity index (χ0v) is 16.3. The van der Waals surface area contributed by atoms with E-state index in [1.165, 1.54) is 0 Å². The van der Waals surface area contributed by atoms with Crippen molar-refractivity contribution in [1.29, 1.82) is 0 Å². The first-order chi connectivity index (χ1) is 15.1. The van der Waals surface area contributed by atoms with Crippen molar-refractivity contribution >= 4 is 33.7 Å². The third-order valence-corrected chi connectivity index (χ3v) is 5.63. The Balaban J connectivity index is 1.94. The summed E-state index contributed by atoms with van der Waals surface area (Å²) in [7, 11) is 0. The molecule has 0 fully saturated rings. The van der Waals surface area contributed by atoms with E-state index in [-0.39, 0.29) is 11.4 Å². The second-order valence-electron chi connectivity index (χ2n) is 7.37. The van der Waals surface area contributed by atoms with Crippen LogP contribution in [0.3, 0.4) is 0 Å². The maximum atomic E-state index is 12.2. The first kappa shape index (κ1) is 18.7. The minimum Gasteiger partial charge on any atom is -0.477 e. The molecule has 3 aromatic carbocycles. The zero-order valence-electron chi connectivity index (χ0n) is 16.3. The first-order valence-corrected chi connectivity index (χ1v) is 9.79. The van der Waals surface area contributed by atoms with Crippen LogP contribution in [0.15, 0.2) is 78.9 Å². The summed E-state index contributed by atoms with van der Waals surface area (Å²) in [4.78, 5) is 30.5. The lowest BCUT2D eigenvalue weighted by molar-refractivity contribution is 0.0681. The van der Waals surface area contributed by atoms with Gasteiger partial charge in [-0.2, -0.15) is 0 Å². The number of fused-ring (bicyclic) bond motifs is 2. The van der Waals surface area contributed by atoms with Crippen molar-refractivity contribution in [2.45, 2.75) is 5.92 Å². The van der Waals surface area contributed by atoms with Crippen LogP contribution in [0.25, 0.3) is 21.8 Å². The van der Waals surface area contributed by atoms with E-state index in [4.69, 9.17) is 0 Å². The van der Waals surface area contributed by atoms with E-state index in [0.717, 1.165) is 16.3 Å². The van der Waals surface area contributed by atoms with Crippen LogP contribution in [0, 0.1) is 0 Å². The summed E-state index contributed by atoms with van der Waals surface area (Å²) in [5, 5.41) is 21.5. The predicted octanol–water partition coefficient (Wildman–Crippen LogP) is 5.23. The van der Waals surface area contributed by atoms with Crippen molar-refractivity contribution in [3.8, 4) is 0 Å². The molecule has 0 radical (unpaired) electrons. The Morgan fingerprint density at radius 1 is 0.613 bits per heavy atom. The molecule has 0 unspecified atom stereocenters. The second kappa shape index (κ2) is 7.18. The molecule has 31 heavy (non-hydrogen) atoms. The van der Waals surface area contributed by atoms with Gasteiger partial charge in [-0.05, 0) is 17.7 Å². The van der Waals surface area contributed by atoms with Crippen LogP contribution in [-0.2, 0) is 0 Å². The molecule has 6 nitrogen and oxygen atoms in total. The fourth-order valence-electron chi connectivity index (χ4n) is 4.39. The summed E-state index contributed by atoms with van der Waals surface area (Å²) in [6.07, 6.45) is 0. The van der Waals surface area contributed by atoms with E-state index in [9.17, 15) is 19.8 Å². The number of carboxylic acids is 2. The molecule has 0 amide bonds. The standard InChI is InChI=1S/C25H18N2O4/c28-24(29)22-20(15-10-4-6-12-17(15)26-22)19(14-8-2-1-3-9-14)21-16-11-5-7-13-18(16)27-23(21)25(30)31/h1-13,19,26-27H,(H,28,29)(H,30,31). The molecule has 5 aromatic rings. The molecular formula is C25H18N2O4. The van der Waals surface area contributed by atoms with E-state index >= 15 is 0 Å². The average Bonchev–Trinajstić information content (AvgIpc) is 3.35. The number of carbonyl (C=O) groups is 2. The number of benzene rings is 3. The van der Waals surface area contributed by atoms with Gasteiger partial charge in [-0.3, -0.25) is 0 Å². The number of hydrogen-bond donors (Lipinski definition) is 4. The Kier molecular flexibility index (Phi) is 4.33. The van der Waals surface area contributed by atoms with Gasteiger partial charge >= 0.3 is 11.9 Å². The van der Waals surface area contributed by atoms with Crippen molar-refractivity contribution in [3.63, 3.8) is 0 Å². The Bertz CT molecular complexity index is 1350. The molecule has 2 heterocycles. The third-order valence-electron chi connectivity index (χ3n) is 5.63. The van der Waals surface area contributed by atoms with E-state index < -0.39 is 17.9 Å². The molecule has 0 saturated carbocycles. The lowest BCUT2D eigenvalue weighted by Gasteiger charge is -2.19. The highest BCUT2D eigenvalue weighted by molar-refractivity contribution is 6.02. The van der Waals surface area contributed by atoms with Crippen LogP contribution in [0.1, 0.15) is 43.6 Å². The van der Waals surface area contributed by atoms with Gasteiger partial charge in [0, 0.05) is 38.9 Å². The molecule has 0 aliphatic rings. The van der Waals surface area contributed by atoms with Crippen molar-refractivity contribution in [2.75, 3.05) is 0 Å². The molecule has 0 aliphatic heterocycles. The molecule has 0 saturated heterocycles. The Morgan fingerprint density at radius 3 is 1.48 bits per heavy atom. The van der Waals surface area contributed by atoms with Crippen LogP contribution >= 0.6 is 0 Å². The SMILES string of the molecule is O=C(O)c1[nH]c2ccccc2c1C(c1ccccc1)c1c(C(=O)O)[nH]c2ccccc12. The van der Waals surface area contributed by atoms with Gasteiger partial charge in [-0.15, -0.1) is 0 Å². The number of aromatic amines is 2. The number of aromatic nitrogens is 2.